The minimum atomic E-state index is 0.0836. The monoisotopic (exact) mass is 276 g/mol. The Morgan fingerprint density at radius 1 is 1.25 bits per heavy atom. The van der Waals surface area contributed by atoms with Crippen molar-refractivity contribution in [1.29, 1.82) is 0 Å². The molecule has 0 amide bonds. The lowest BCUT2D eigenvalue weighted by atomic mass is 10.1. The Hall–Kier alpha value is -1.06. The Kier molecular flexibility index (Phi) is 5.44. The lowest BCUT2D eigenvalue weighted by Crippen LogP contribution is -2.39. The lowest BCUT2D eigenvalue weighted by Gasteiger charge is -2.30. The van der Waals surface area contributed by atoms with Crippen molar-refractivity contribution in [2.24, 2.45) is 5.73 Å². The van der Waals surface area contributed by atoms with E-state index < -0.39 is 0 Å². The predicted molar refractivity (Wildman–Crippen MR) is 84.0 cm³/mol. The fraction of sp³-hybridized carbons (Fsp3) is 0.647. The third-order valence-electron chi connectivity index (χ3n) is 4.45. The summed E-state index contributed by atoms with van der Waals surface area (Å²) < 4.78 is 5.47. The molecule has 3 atom stereocenters. The quantitative estimate of drug-likeness (QED) is 0.866. The molecule has 0 aliphatic carbocycles. The maximum atomic E-state index is 6.40. The zero-order valence-corrected chi connectivity index (χ0v) is 13.0. The van der Waals surface area contributed by atoms with Crippen LogP contribution in [0.15, 0.2) is 24.3 Å². The molecule has 3 unspecified atom stereocenters. The Morgan fingerprint density at radius 2 is 1.95 bits per heavy atom. The molecule has 1 heterocycles. The van der Waals surface area contributed by atoms with Crippen LogP contribution in [0.5, 0.6) is 5.75 Å². The summed E-state index contributed by atoms with van der Waals surface area (Å²) in [7, 11) is 0. The van der Waals surface area contributed by atoms with Gasteiger partial charge in [-0.05, 0) is 50.8 Å². The van der Waals surface area contributed by atoms with Gasteiger partial charge in [-0.2, -0.15) is 0 Å². The number of nitrogens with zero attached hydrogens (tertiary/aromatic N) is 1. The molecule has 1 aliphatic rings. The molecule has 3 heteroatoms. The summed E-state index contributed by atoms with van der Waals surface area (Å²) in [4.78, 5) is 2.58. The number of rotatable bonds is 6. The van der Waals surface area contributed by atoms with Crippen molar-refractivity contribution in [1.82, 2.24) is 4.90 Å². The van der Waals surface area contributed by atoms with Crippen molar-refractivity contribution in [2.45, 2.75) is 58.2 Å². The molecule has 0 radical (unpaired) electrons. The largest absolute Gasteiger partial charge is 0.494 e. The number of benzene rings is 1. The first kappa shape index (κ1) is 15.3. The van der Waals surface area contributed by atoms with Crippen LogP contribution >= 0.6 is 0 Å². The fourth-order valence-corrected chi connectivity index (χ4v) is 3.20. The molecule has 20 heavy (non-hydrogen) atoms. The van der Waals surface area contributed by atoms with Gasteiger partial charge in [-0.25, -0.2) is 0 Å². The van der Waals surface area contributed by atoms with Gasteiger partial charge in [-0.1, -0.05) is 19.1 Å². The van der Waals surface area contributed by atoms with E-state index in [1.165, 1.54) is 24.8 Å². The lowest BCUT2D eigenvalue weighted by molar-refractivity contribution is 0.186. The fourth-order valence-electron chi connectivity index (χ4n) is 3.20. The first-order valence-electron chi connectivity index (χ1n) is 7.89. The molecule has 0 saturated carbocycles. The van der Waals surface area contributed by atoms with Gasteiger partial charge < -0.3 is 10.5 Å². The third-order valence-corrected chi connectivity index (χ3v) is 4.45. The van der Waals surface area contributed by atoms with Crippen LogP contribution in [0.2, 0.25) is 0 Å². The highest BCUT2D eigenvalue weighted by Crippen LogP contribution is 2.28. The van der Waals surface area contributed by atoms with Gasteiger partial charge in [0, 0.05) is 24.7 Å². The second-order valence-corrected chi connectivity index (χ2v) is 5.79. The van der Waals surface area contributed by atoms with Crippen LogP contribution in [0.4, 0.5) is 0 Å². The number of hydrogen-bond donors (Lipinski definition) is 1. The van der Waals surface area contributed by atoms with Crippen LogP contribution in [0.1, 0.15) is 51.6 Å². The normalized spacial score (nSPS) is 24.8. The summed E-state index contributed by atoms with van der Waals surface area (Å²) in [6.45, 7) is 8.25. The highest BCUT2D eigenvalue weighted by Gasteiger charge is 2.30. The molecule has 1 aromatic carbocycles. The summed E-state index contributed by atoms with van der Waals surface area (Å²) in [6.07, 6.45) is 3.84. The van der Waals surface area contributed by atoms with Crippen LogP contribution in [-0.4, -0.2) is 30.1 Å². The SMILES string of the molecule is CCOc1ccc(C(N)CN2C(C)CCC2CC)cc1. The average molecular weight is 276 g/mol. The second kappa shape index (κ2) is 7.09. The van der Waals surface area contributed by atoms with Gasteiger partial charge in [0.15, 0.2) is 0 Å². The highest BCUT2D eigenvalue weighted by atomic mass is 16.5. The van der Waals surface area contributed by atoms with E-state index in [1.54, 1.807) is 0 Å². The van der Waals surface area contributed by atoms with Gasteiger partial charge in [0.1, 0.15) is 5.75 Å². The van der Waals surface area contributed by atoms with Gasteiger partial charge in [-0.3, -0.25) is 4.90 Å². The summed E-state index contributed by atoms with van der Waals surface area (Å²) in [5.41, 5.74) is 7.59. The van der Waals surface area contributed by atoms with Crippen molar-refractivity contribution in [3.8, 4) is 5.75 Å². The third kappa shape index (κ3) is 3.53. The van der Waals surface area contributed by atoms with Crippen molar-refractivity contribution < 1.29 is 4.74 Å². The second-order valence-electron chi connectivity index (χ2n) is 5.79. The van der Waals surface area contributed by atoms with Crippen molar-refractivity contribution in [2.75, 3.05) is 13.2 Å². The Balaban J connectivity index is 1.98. The van der Waals surface area contributed by atoms with Gasteiger partial charge in [0.05, 0.1) is 6.61 Å². The number of ether oxygens (including phenoxy) is 1. The van der Waals surface area contributed by atoms with Crippen LogP contribution in [0.25, 0.3) is 0 Å². The zero-order chi connectivity index (χ0) is 14.5. The topological polar surface area (TPSA) is 38.5 Å². The number of likely N-dealkylation sites (tertiary alicyclic amines) is 1. The molecule has 112 valence electrons. The summed E-state index contributed by atoms with van der Waals surface area (Å²) in [6, 6.07) is 9.68. The van der Waals surface area contributed by atoms with Crippen molar-refractivity contribution in [3.63, 3.8) is 0 Å². The molecule has 1 saturated heterocycles. The molecular formula is C17H28N2O. The Bertz CT molecular complexity index is 404. The van der Waals surface area contributed by atoms with Crippen LogP contribution in [0, 0.1) is 0 Å². The Labute approximate surface area is 123 Å². The highest BCUT2D eigenvalue weighted by molar-refractivity contribution is 5.29. The molecular weight excluding hydrogens is 248 g/mol. The van der Waals surface area contributed by atoms with Gasteiger partial charge in [0.25, 0.3) is 0 Å². The van der Waals surface area contributed by atoms with Crippen LogP contribution in [-0.2, 0) is 0 Å². The minimum Gasteiger partial charge on any atom is -0.494 e. The summed E-state index contributed by atoms with van der Waals surface area (Å²) >= 11 is 0. The first-order chi connectivity index (χ1) is 9.65. The van der Waals surface area contributed by atoms with E-state index in [9.17, 15) is 0 Å². The van der Waals surface area contributed by atoms with E-state index in [0.717, 1.165) is 12.3 Å². The minimum absolute atomic E-state index is 0.0836. The maximum absolute atomic E-state index is 6.40. The number of nitrogens with two attached hydrogens (primary N) is 1. The van der Waals surface area contributed by atoms with Crippen molar-refractivity contribution >= 4 is 0 Å². The molecule has 3 nitrogen and oxygen atoms in total. The number of hydrogen-bond acceptors (Lipinski definition) is 3. The van der Waals surface area contributed by atoms with Gasteiger partial charge in [-0.15, -0.1) is 0 Å². The molecule has 2 rings (SSSR count). The van der Waals surface area contributed by atoms with Crippen LogP contribution in [0.3, 0.4) is 0 Å². The molecule has 1 aromatic rings. The predicted octanol–water partition coefficient (Wildman–Crippen LogP) is 3.35. The first-order valence-corrected chi connectivity index (χ1v) is 7.89. The molecule has 1 fully saturated rings. The summed E-state index contributed by atoms with van der Waals surface area (Å²) in [5.74, 6) is 0.921. The van der Waals surface area contributed by atoms with E-state index in [0.29, 0.717) is 18.7 Å². The van der Waals surface area contributed by atoms with Crippen molar-refractivity contribution in [3.05, 3.63) is 29.8 Å². The van der Waals surface area contributed by atoms with E-state index in [2.05, 4.69) is 30.9 Å². The smallest absolute Gasteiger partial charge is 0.119 e. The molecule has 0 aromatic heterocycles. The van der Waals surface area contributed by atoms with E-state index in [1.807, 2.05) is 19.1 Å². The molecule has 0 bridgehead atoms. The van der Waals surface area contributed by atoms with E-state index in [4.69, 9.17) is 10.5 Å². The summed E-state index contributed by atoms with van der Waals surface area (Å²) in [5, 5.41) is 0. The van der Waals surface area contributed by atoms with E-state index in [-0.39, 0.29) is 6.04 Å². The molecule has 0 spiro atoms. The zero-order valence-electron chi connectivity index (χ0n) is 13.0. The molecule has 1 aliphatic heterocycles. The van der Waals surface area contributed by atoms with Gasteiger partial charge in [0.2, 0.25) is 0 Å². The van der Waals surface area contributed by atoms with E-state index >= 15 is 0 Å². The standard InChI is InChI=1S/C17H28N2O/c1-4-15-9-6-13(3)19(15)12-17(18)14-7-10-16(11-8-14)20-5-2/h7-8,10-11,13,15,17H,4-6,9,12,18H2,1-3H3. The Morgan fingerprint density at radius 3 is 2.55 bits per heavy atom. The molecule has 2 N–H and O–H groups in total. The van der Waals surface area contributed by atoms with Crippen LogP contribution < -0.4 is 10.5 Å². The average Bonchev–Trinajstić information content (AvgIpc) is 2.81. The van der Waals surface area contributed by atoms with Gasteiger partial charge >= 0.3 is 0 Å². The maximum Gasteiger partial charge on any atom is 0.119 e.